The van der Waals surface area contributed by atoms with Gasteiger partial charge in [0.25, 0.3) is 0 Å². The first-order valence-electron chi connectivity index (χ1n) is 9.61. The Morgan fingerprint density at radius 2 is 2.03 bits per heavy atom. The highest BCUT2D eigenvalue weighted by atomic mass is 31.2. The van der Waals surface area contributed by atoms with Crippen molar-refractivity contribution in [3.8, 4) is 0 Å². The van der Waals surface area contributed by atoms with Crippen molar-refractivity contribution in [3.63, 3.8) is 0 Å². The summed E-state index contributed by atoms with van der Waals surface area (Å²) in [5, 5.41) is 2.90. The summed E-state index contributed by atoms with van der Waals surface area (Å²) in [7, 11) is 5.71. The minimum absolute atomic E-state index is 0.0861. The van der Waals surface area contributed by atoms with Crippen LogP contribution in [0.3, 0.4) is 0 Å². The normalized spacial score (nSPS) is 22.6. The Labute approximate surface area is 173 Å². The van der Waals surface area contributed by atoms with E-state index in [0.717, 1.165) is 6.54 Å². The summed E-state index contributed by atoms with van der Waals surface area (Å²) in [5.41, 5.74) is 0.379. The first kappa shape index (κ1) is 23.9. The average Bonchev–Trinajstić information content (AvgIpc) is 2.68. The maximum atomic E-state index is 13.5. The summed E-state index contributed by atoms with van der Waals surface area (Å²) in [6.07, 6.45) is -0.0817. The molecule has 0 bridgehead atoms. The van der Waals surface area contributed by atoms with Gasteiger partial charge in [-0.3, -0.25) is 9.36 Å². The van der Waals surface area contributed by atoms with Crippen molar-refractivity contribution in [2.75, 3.05) is 54.4 Å². The fourth-order valence-corrected chi connectivity index (χ4v) is 5.13. The molecule has 0 aliphatic carbocycles. The molecule has 1 heterocycles. The molecule has 1 fully saturated rings. The van der Waals surface area contributed by atoms with Crippen LogP contribution >= 0.6 is 7.67 Å². The van der Waals surface area contributed by atoms with Crippen LogP contribution in [0, 0.1) is 4.91 Å². The molecule has 3 unspecified atom stereocenters. The molecular formula is C18H30BN4O5P. The molecule has 1 aliphatic rings. The molecule has 2 rings (SSSR count). The maximum absolute atomic E-state index is 13.5. The standard InChI is InChI=1S/C18H30BN4O5P/c1-21(2)29(26,27-13-14-11-22(3)12-18(19)28-14)23(4)10-9-17(24)15-7-5-6-8-16(15)20-25/h5-8,14,18H,9-13,19H2,1-4H3. The number of likely N-dealkylation sites (N-methyl/N-ethyl adjacent to an activating group) is 1. The van der Waals surface area contributed by atoms with Crippen LogP contribution in [0.1, 0.15) is 16.8 Å². The Hall–Kier alpha value is -1.42. The first-order valence-corrected chi connectivity index (χ1v) is 11.1. The monoisotopic (exact) mass is 424 g/mol. The Kier molecular flexibility index (Phi) is 8.69. The van der Waals surface area contributed by atoms with E-state index in [0.29, 0.717) is 6.54 Å². The van der Waals surface area contributed by atoms with Crippen molar-refractivity contribution in [1.82, 2.24) is 14.2 Å². The maximum Gasteiger partial charge on any atom is 0.345 e. The number of benzene rings is 1. The van der Waals surface area contributed by atoms with Crippen LogP contribution in [-0.2, 0) is 13.8 Å². The molecule has 0 aromatic heterocycles. The molecule has 1 aromatic carbocycles. The van der Waals surface area contributed by atoms with Crippen LogP contribution in [0.4, 0.5) is 5.69 Å². The van der Waals surface area contributed by atoms with Gasteiger partial charge >= 0.3 is 7.67 Å². The molecule has 0 saturated carbocycles. The van der Waals surface area contributed by atoms with Crippen molar-refractivity contribution < 1.29 is 18.6 Å². The van der Waals surface area contributed by atoms with Gasteiger partial charge in [0.05, 0.1) is 12.7 Å². The average molecular weight is 424 g/mol. The predicted molar refractivity (Wildman–Crippen MR) is 115 cm³/mol. The fourth-order valence-electron chi connectivity index (χ4n) is 3.38. The molecule has 0 spiro atoms. The van der Waals surface area contributed by atoms with E-state index >= 15 is 0 Å². The summed E-state index contributed by atoms with van der Waals surface area (Å²) < 4.78 is 28.3. The summed E-state index contributed by atoms with van der Waals surface area (Å²) in [6, 6.07) is 6.49. The van der Waals surface area contributed by atoms with Crippen molar-refractivity contribution in [2.24, 2.45) is 5.18 Å². The van der Waals surface area contributed by atoms with Gasteiger partial charge < -0.3 is 14.2 Å². The first-order chi connectivity index (χ1) is 13.7. The number of carbonyl (C=O) groups is 1. The molecule has 160 valence electrons. The number of ketones is 1. The second-order valence-corrected chi connectivity index (χ2v) is 10.3. The van der Waals surface area contributed by atoms with Gasteiger partial charge in [-0.15, -0.1) is 4.91 Å². The smallest absolute Gasteiger partial charge is 0.345 e. The molecule has 9 nitrogen and oxygen atoms in total. The third kappa shape index (κ3) is 6.28. The van der Waals surface area contributed by atoms with E-state index < -0.39 is 7.67 Å². The number of ether oxygens (including phenoxy) is 1. The molecule has 0 amide bonds. The molecule has 0 radical (unpaired) electrons. The van der Waals surface area contributed by atoms with E-state index in [1.165, 1.54) is 10.7 Å². The van der Waals surface area contributed by atoms with Crippen LogP contribution in [0.25, 0.3) is 0 Å². The molecule has 0 N–H and O–H groups in total. The van der Waals surface area contributed by atoms with E-state index in [2.05, 4.69) is 10.1 Å². The van der Waals surface area contributed by atoms with Gasteiger partial charge in [0.15, 0.2) is 5.78 Å². The summed E-state index contributed by atoms with van der Waals surface area (Å²) in [6.45, 7) is 1.96. The van der Waals surface area contributed by atoms with Crippen molar-refractivity contribution in [2.45, 2.75) is 18.5 Å². The zero-order valence-corrected chi connectivity index (χ0v) is 18.7. The molecule has 3 atom stereocenters. The number of Topliss-reactive ketones (excluding diaryl/α,β-unsaturated/α-hetero) is 1. The largest absolute Gasteiger partial charge is 0.379 e. The number of nitrogens with zero attached hydrogens (tertiary/aromatic N) is 4. The second kappa shape index (κ2) is 10.6. The van der Waals surface area contributed by atoms with Gasteiger partial charge in [-0.25, -0.2) is 9.34 Å². The van der Waals surface area contributed by atoms with Crippen LogP contribution in [0.5, 0.6) is 0 Å². The molecule has 1 saturated heterocycles. The Morgan fingerprint density at radius 3 is 2.66 bits per heavy atom. The highest BCUT2D eigenvalue weighted by Gasteiger charge is 2.34. The van der Waals surface area contributed by atoms with E-state index in [1.807, 2.05) is 14.9 Å². The lowest BCUT2D eigenvalue weighted by molar-refractivity contribution is -0.0613. The van der Waals surface area contributed by atoms with E-state index in [9.17, 15) is 14.3 Å². The van der Waals surface area contributed by atoms with Gasteiger partial charge in [-0.2, -0.15) is 0 Å². The van der Waals surface area contributed by atoms with Crippen molar-refractivity contribution >= 4 is 27.0 Å². The SMILES string of the molecule is BC1CN(C)CC(COP(=O)(N(C)C)N(C)CCC(=O)c2ccccc2N=O)O1. The Balaban J connectivity index is 1.98. The zero-order valence-electron chi connectivity index (χ0n) is 17.8. The lowest BCUT2D eigenvalue weighted by atomic mass is 9.98. The highest BCUT2D eigenvalue weighted by Crippen LogP contribution is 2.51. The third-order valence-electron chi connectivity index (χ3n) is 4.84. The molecule has 29 heavy (non-hydrogen) atoms. The third-order valence-corrected chi connectivity index (χ3v) is 7.40. The fraction of sp³-hybridized carbons (Fsp3) is 0.611. The van der Waals surface area contributed by atoms with Crippen LogP contribution in [0.2, 0.25) is 0 Å². The van der Waals surface area contributed by atoms with Gasteiger partial charge in [-0.05, 0) is 45.5 Å². The van der Waals surface area contributed by atoms with E-state index in [-0.39, 0.29) is 48.7 Å². The second-order valence-electron chi connectivity index (χ2n) is 7.59. The van der Waals surface area contributed by atoms with Gasteiger partial charge in [-0.1, -0.05) is 12.1 Å². The summed E-state index contributed by atoms with van der Waals surface area (Å²) in [5.74, 6) is -0.233. The topological polar surface area (TPSA) is 91.8 Å². The van der Waals surface area contributed by atoms with E-state index in [1.54, 1.807) is 44.0 Å². The summed E-state index contributed by atoms with van der Waals surface area (Å²) >= 11 is 0. The molecule has 1 aromatic rings. The summed E-state index contributed by atoms with van der Waals surface area (Å²) in [4.78, 5) is 25.6. The highest BCUT2D eigenvalue weighted by molar-refractivity contribution is 7.53. The number of nitroso groups, excluding NO2 is 1. The number of hydrogen-bond acceptors (Lipinski definition) is 7. The van der Waals surface area contributed by atoms with Crippen LogP contribution in [0.15, 0.2) is 29.4 Å². The van der Waals surface area contributed by atoms with Crippen molar-refractivity contribution in [3.05, 3.63) is 34.7 Å². The van der Waals surface area contributed by atoms with Gasteiger partial charge in [0, 0.05) is 37.6 Å². The van der Waals surface area contributed by atoms with Crippen LogP contribution in [-0.4, -0.2) is 94.4 Å². The molecular weight excluding hydrogens is 394 g/mol. The van der Waals surface area contributed by atoms with Gasteiger partial charge in [0.1, 0.15) is 13.5 Å². The Bertz CT molecular complexity index is 756. The number of rotatable bonds is 10. The number of carbonyl (C=O) groups excluding carboxylic acids is 1. The molecule has 11 heteroatoms. The lowest BCUT2D eigenvalue weighted by Crippen LogP contribution is -2.47. The Morgan fingerprint density at radius 1 is 1.34 bits per heavy atom. The minimum atomic E-state index is -3.32. The number of morpholine rings is 1. The zero-order chi connectivity index (χ0) is 21.6. The lowest BCUT2D eigenvalue weighted by Gasteiger charge is -2.37. The minimum Gasteiger partial charge on any atom is -0.379 e. The van der Waals surface area contributed by atoms with Gasteiger partial charge in [0.2, 0.25) is 0 Å². The quantitative estimate of drug-likeness (QED) is 0.242. The number of hydrogen-bond donors (Lipinski definition) is 0. The van der Waals surface area contributed by atoms with Crippen LogP contribution < -0.4 is 0 Å². The van der Waals surface area contributed by atoms with Crippen molar-refractivity contribution in [1.29, 1.82) is 0 Å². The predicted octanol–water partition coefficient (Wildman–Crippen LogP) is 1.57. The van der Waals surface area contributed by atoms with E-state index in [4.69, 9.17) is 9.26 Å². The molecule has 1 aliphatic heterocycles.